The molecule has 1 unspecified atom stereocenters. The highest BCUT2D eigenvalue weighted by Gasteiger charge is 2.32. The molecule has 0 spiro atoms. The van der Waals surface area contributed by atoms with Gasteiger partial charge in [-0.05, 0) is 39.7 Å². The second-order valence-electron chi connectivity index (χ2n) is 6.60. The van der Waals surface area contributed by atoms with Crippen LogP contribution in [-0.2, 0) is 0 Å². The number of nitrogens with one attached hydrogen (secondary N) is 1. The Morgan fingerprint density at radius 2 is 1.94 bits per heavy atom. The van der Waals surface area contributed by atoms with Crippen LogP contribution in [0.15, 0.2) is 0 Å². The van der Waals surface area contributed by atoms with Gasteiger partial charge >= 0.3 is 0 Å². The van der Waals surface area contributed by atoms with Crippen LogP contribution in [0, 0.1) is 5.41 Å². The van der Waals surface area contributed by atoms with Crippen molar-refractivity contribution in [2.24, 2.45) is 5.41 Å². The summed E-state index contributed by atoms with van der Waals surface area (Å²) < 4.78 is 0. The van der Waals surface area contributed by atoms with E-state index in [0.29, 0.717) is 12.6 Å². The summed E-state index contributed by atoms with van der Waals surface area (Å²) in [5, 5.41) is 13.3. The first kappa shape index (κ1) is 14.3. The molecule has 0 aromatic carbocycles. The smallest absolute Gasteiger partial charge is 0.0499 e. The Hall–Kier alpha value is -0.120. The maximum Gasteiger partial charge on any atom is 0.0499 e. The number of aliphatic hydroxyl groups is 1. The number of hydrogen-bond acceptors (Lipinski definition) is 3. The quantitative estimate of drug-likeness (QED) is 0.729. The van der Waals surface area contributed by atoms with E-state index in [9.17, 15) is 5.11 Å². The van der Waals surface area contributed by atoms with Crippen LogP contribution in [0.25, 0.3) is 0 Å². The molecule has 3 nitrogen and oxygen atoms in total. The lowest BCUT2D eigenvalue weighted by Crippen LogP contribution is -2.44. The van der Waals surface area contributed by atoms with Crippen LogP contribution in [0.2, 0.25) is 0 Å². The van der Waals surface area contributed by atoms with Crippen molar-refractivity contribution < 1.29 is 5.11 Å². The molecule has 0 bridgehead atoms. The summed E-state index contributed by atoms with van der Waals surface area (Å²) >= 11 is 0. The highest BCUT2D eigenvalue weighted by Crippen LogP contribution is 2.35. The average molecular weight is 254 g/mol. The van der Waals surface area contributed by atoms with E-state index in [0.717, 1.165) is 19.1 Å². The lowest BCUT2D eigenvalue weighted by Gasteiger charge is -2.36. The molecule has 1 atom stereocenters. The topological polar surface area (TPSA) is 35.5 Å². The van der Waals surface area contributed by atoms with Gasteiger partial charge in [-0.3, -0.25) is 4.90 Å². The molecule has 2 N–H and O–H groups in total. The van der Waals surface area contributed by atoms with Gasteiger partial charge in [0, 0.05) is 37.2 Å². The Balaban J connectivity index is 1.69. The van der Waals surface area contributed by atoms with Gasteiger partial charge in [0.2, 0.25) is 0 Å². The van der Waals surface area contributed by atoms with Crippen LogP contribution in [0.3, 0.4) is 0 Å². The Morgan fingerprint density at radius 1 is 1.28 bits per heavy atom. The van der Waals surface area contributed by atoms with E-state index >= 15 is 0 Å². The predicted octanol–water partition coefficient (Wildman–Crippen LogP) is 2.00. The van der Waals surface area contributed by atoms with Crippen LogP contribution >= 0.6 is 0 Å². The summed E-state index contributed by atoms with van der Waals surface area (Å²) in [6.45, 7) is 4.70. The largest absolute Gasteiger partial charge is 0.396 e. The van der Waals surface area contributed by atoms with E-state index in [1.54, 1.807) is 0 Å². The van der Waals surface area contributed by atoms with Gasteiger partial charge in [-0.2, -0.15) is 0 Å². The summed E-state index contributed by atoms with van der Waals surface area (Å²) in [5.74, 6) is 0. The van der Waals surface area contributed by atoms with Crippen molar-refractivity contribution in [2.45, 2.75) is 64.0 Å². The van der Waals surface area contributed by atoms with Crippen LogP contribution in [0.1, 0.15) is 51.9 Å². The number of aliphatic hydroxyl groups excluding tert-OH is 1. The fourth-order valence-corrected chi connectivity index (χ4v) is 3.22. The summed E-state index contributed by atoms with van der Waals surface area (Å²) in [6, 6.07) is 1.44. The van der Waals surface area contributed by atoms with Crippen molar-refractivity contribution in [1.82, 2.24) is 10.2 Å². The molecule has 2 rings (SSSR count). The molecular weight excluding hydrogens is 224 g/mol. The monoisotopic (exact) mass is 254 g/mol. The van der Waals surface area contributed by atoms with Gasteiger partial charge < -0.3 is 10.4 Å². The Labute approximate surface area is 112 Å². The van der Waals surface area contributed by atoms with Gasteiger partial charge in [0.25, 0.3) is 0 Å². The third-order valence-corrected chi connectivity index (χ3v) is 5.01. The number of hydrogen-bond donors (Lipinski definition) is 2. The van der Waals surface area contributed by atoms with Crippen LogP contribution in [0.4, 0.5) is 0 Å². The van der Waals surface area contributed by atoms with E-state index in [1.807, 2.05) is 0 Å². The molecule has 0 aliphatic heterocycles. The highest BCUT2D eigenvalue weighted by atomic mass is 16.3. The maximum absolute atomic E-state index is 9.66. The molecule has 0 saturated heterocycles. The molecule has 2 saturated carbocycles. The summed E-state index contributed by atoms with van der Waals surface area (Å²) in [7, 11) is 2.24. The number of nitrogens with zero attached hydrogens (tertiary/aromatic N) is 1. The second kappa shape index (κ2) is 6.36. The highest BCUT2D eigenvalue weighted by molar-refractivity contribution is 4.88. The van der Waals surface area contributed by atoms with E-state index in [4.69, 9.17) is 0 Å². The van der Waals surface area contributed by atoms with Crippen molar-refractivity contribution in [3.63, 3.8) is 0 Å². The van der Waals surface area contributed by atoms with Crippen LogP contribution in [0.5, 0.6) is 0 Å². The zero-order valence-corrected chi connectivity index (χ0v) is 12.1. The van der Waals surface area contributed by atoms with E-state index in [2.05, 4.69) is 24.2 Å². The molecule has 0 heterocycles. The summed E-state index contributed by atoms with van der Waals surface area (Å²) in [6.07, 6.45) is 9.08. The Kier molecular flexibility index (Phi) is 5.05. The molecule has 3 heteroatoms. The van der Waals surface area contributed by atoms with Crippen molar-refractivity contribution >= 4 is 0 Å². The molecule has 0 radical (unpaired) electrons. The normalized spacial score (nSPS) is 25.3. The first-order valence-electron chi connectivity index (χ1n) is 7.70. The lowest BCUT2D eigenvalue weighted by atomic mass is 9.74. The lowest BCUT2D eigenvalue weighted by molar-refractivity contribution is 0.0792. The minimum atomic E-state index is 0.177. The van der Waals surface area contributed by atoms with Crippen molar-refractivity contribution in [3.05, 3.63) is 0 Å². The van der Waals surface area contributed by atoms with Gasteiger partial charge in [0.15, 0.2) is 0 Å². The molecule has 0 aromatic heterocycles. The molecule has 106 valence electrons. The van der Waals surface area contributed by atoms with Crippen LogP contribution < -0.4 is 5.32 Å². The Bertz CT molecular complexity index is 247. The van der Waals surface area contributed by atoms with E-state index < -0.39 is 0 Å². The first-order chi connectivity index (χ1) is 8.67. The third kappa shape index (κ3) is 3.69. The van der Waals surface area contributed by atoms with E-state index in [1.165, 1.54) is 44.9 Å². The molecule has 2 fully saturated rings. The van der Waals surface area contributed by atoms with Crippen LogP contribution in [-0.4, -0.2) is 48.8 Å². The maximum atomic E-state index is 9.66. The van der Waals surface area contributed by atoms with Crippen molar-refractivity contribution in [2.75, 3.05) is 26.7 Å². The molecule has 0 amide bonds. The fraction of sp³-hybridized carbons (Fsp3) is 1.00. The first-order valence-corrected chi connectivity index (χ1v) is 7.70. The SMILES string of the molecule is CC(CNCC1(CO)CCCCC1)N(C)C1CC1. The van der Waals surface area contributed by atoms with Gasteiger partial charge in [0.1, 0.15) is 0 Å². The molecule has 0 aromatic rings. The Morgan fingerprint density at radius 3 is 2.50 bits per heavy atom. The number of likely N-dealkylation sites (N-methyl/N-ethyl adjacent to an activating group) is 1. The molecule has 18 heavy (non-hydrogen) atoms. The molecule has 2 aliphatic rings. The average Bonchev–Trinajstić information content (AvgIpc) is 3.23. The van der Waals surface area contributed by atoms with Gasteiger partial charge in [-0.15, -0.1) is 0 Å². The third-order valence-electron chi connectivity index (χ3n) is 5.01. The van der Waals surface area contributed by atoms with Gasteiger partial charge in [-0.1, -0.05) is 19.3 Å². The zero-order chi connectivity index (χ0) is 13.0. The number of rotatable bonds is 7. The summed E-state index contributed by atoms with van der Waals surface area (Å²) in [4.78, 5) is 2.50. The predicted molar refractivity (Wildman–Crippen MR) is 75.7 cm³/mol. The summed E-state index contributed by atoms with van der Waals surface area (Å²) in [5.41, 5.74) is 0.177. The van der Waals surface area contributed by atoms with Crippen molar-refractivity contribution in [3.8, 4) is 0 Å². The molecule has 2 aliphatic carbocycles. The van der Waals surface area contributed by atoms with E-state index in [-0.39, 0.29) is 5.41 Å². The minimum Gasteiger partial charge on any atom is -0.396 e. The zero-order valence-electron chi connectivity index (χ0n) is 12.1. The second-order valence-corrected chi connectivity index (χ2v) is 6.60. The van der Waals surface area contributed by atoms with Gasteiger partial charge in [-0.25, -0.2) is 0 Å². The minimum absolute atomic E-state index is 0.177. The fourth-order valence-electron chi connectivity index (χ4n) is 3.22. The van der Waals surface area contributed by atoms with Gasteiger partial charge in [0.05, 0.1) is 0 Å². The van der Waals surface area contributed by atoms with Crippen molar-refractivity contribution in [1.29, 1.82) is 0 Å². The standard InChI is InChI=1S/C15H30N2O/c1-13(17(2)14-6-7-14)10-16-11-15(12-18)8-4-3-5-9-15/h13-14,16,18H,3-12H2,1-2H3. The molecular formula is C15H30N2O.